The Labute approximate surface area is 292 Å². The van der Waals surface area contributed by atoms with E-state index in [-0.39, 0.29) is 0 Å². The first kappa shape index (κ1) is 27.9. The van der Waals surface area contributed by atoms with Gasteiger partial charge in [0.2, 0.25) is 0 Å². The van der Waals surface area contributed by atoms with Gasteiger partial charge in [0.05, 0.1) is 22.1 Å². The Morgan fingerprint density at radius 3 is 1.61 bits per heavy atom. The average Bonchev–Trinajstić information content (AvgIpc) is 3.85. The molecule has 5 heteroatoms. The zero-order valence-corrected chi connectivity index (χ0v) is 27.4. The third-order valence-electron chi connectivity index (χ3n) is 10.1. The molecule has 0 saturated carbocycles. The van der Waals surface area contributed by atoms with Crippen molar-refractivity contribution >= 4 is 65.7 Å². The fraction of sp³-hybridized carbons (Fsp3) is 0. The van der Waals surface area contributed by atoms with Crippen LogP contribution < -0.4 is 0 Å². The first-order valence-electron chi connectivity index (χ1n) is 17.2. The van der Waals surface area contributed by atoms with Gasteiger partial charge in [0, 0.05) is 38.2 Å². The van der Waals surface area contributed by atoms with Crippen molar-refractivity contribution in [3.63, 3.8) is 0 Å². The quantitative estimate of drug-likeness (QED) is 0.190. The third kappa shape index (κ3) is 4.15. The molecule has 0 radical (unpaired) electrons. The molecule has 11 rings (SSSR count). The van der Waals surface area contributed by atoms with Crippen LogP contribution in [-0.4, -0.2) is 19.1 Å². The van der Waals surface area contributed by atoms with Crippen LogP contribution in [0.4, 0.5) is 0 Å². The number of para-hydroxylation sites is 4. The Morgan fingerprint density at radius 2 is 0.922 bits per heavy atom. The first-order chi connectivity index (χ1) is 25.3. The minimum absolute atomic E-state index is 0.656. The van der Waals surface area contributed by atoms with Crippen molar-refractivity contribution in [2.24, 2.45) is 0 Å². The van der Waals surface area contributed by atoms with Gasteiger partial charge in [-0.25, -0.2) is 9.97 Å². The summed E-state index contributed by atoms with van der Waals surface area (Å²) in [6, 6.07) is 59.6. The van der Waals surface area contributed by atoms with Crippen LogP contribution in [0.25, 0.3) is 99.7 Å². The van der Waals surface area contributed by atoms with Crippen LogP contribution in [0.3, 0.4) is 0 Å². The largest absolute Gasteiger partial charge is 0.450 e. The van der Waals surface area contributed by atoms with Crippen molar-refractivity contribution in [2.45, 2.75) is 0 Å². The topological polar surface area (TPSA) is 48.8 Å². The molecule has 4 aromatic heterocycles. The van der Waals surface area contributed by atoms with E-state index in [1.807, 2.05) is 18.2 Å². The zero-order chi connectivity index (χ0) is 33.5. The number of fused-ring (bicyclic) bond motifs is 9. The molecule has 0 atom stereocenters. The molecule has 0 N–H and O–H groups in total. The minimum atomic E-state index is 0.656. The highest BCUT2D eigenvalue weighted by Crippen LogP contribution is 2.40. The molecule has 5 nitrogen and oxygen atoms in total. The SMILES string of the molecule is c1ccc(-c2nc(-n3c4ccccc4c4ccccc43)c3oc4ccc(-c5ccc6c(c5)c5ccccc5n6-c5ccccc5)cc4c3n2)cc1. The predicted octanol–water partition coefficient (Wildman–Crippen LogP) is 11.9. The number of hydrogen-bond donors (Lipinski definition) is 0. The number of benzene rings is 7. The number of furan rings is 1. The smallest absolute Gasteiger partial charge is 0.197 e. The second-order valence-electron chi connectivity index (χ2n) is 13.0. The zero-order valence-electron chi connectivity index (χ0n) is 27.4. The van der Waals surface area contributed by atoms with Crippen LogP contribution >= 0.6 is 0 Å². The monoisotopic (exact) mass is 652 g/mol. The molecule has 0 saturated heterocycles. The average molecular weight is 653 g/mol. The Kier molecular flexibility index (Phi) is 5.89. The standard InChI is InChI=1S/C46H28N4O/c1-3-13-29(14-4-1)45-47-43-37-28-31(30-23-25-41-36(27-30)35-19-9-10-20-38(35)49(41)32-15-5-2-6-16-32)24-26-42(37)51-44(43)46(48-45)50-39-21-11-7-17-33(39)34-18-8-12-22-40(34)50/h1-28H. The Morgan fingerprint density at radius 1 is 0.392 bits per heavy atom. The van der Waals surface area contributed by atoms with E-state index in [1.165, 1.54) is 32.6 Å². The summed E-state index contributed by atoms with van der Waals surface area (Å²) in [6.45, 7) is 0. The molecule has 11 aromatic rings. The summed E-state index contributed by atoms with van der Waals surface area (Å²) < 4.78 is 11.3. The summed E-state index contributed by atoms with van der Waals surface area (Å²) in [7, 11) is 0. The second-order valence-corrected chi connectivity index (χ2v) is 13.0. The summed E-state index contributed by atoms with van der Waals surface area (Å²) in [6.07, 6.45) is 0. The van der Waals surface area contributed by atoms with Gasteiger partial charge < -0.3 is 8.98 Å². The summed E-state index contributed by atoms with van der Waals surface area (Å²) in [5.41, 5.74) is 11.1. The van der Waals surface area contributed by atoms with Gasteiger partial charge >= 0.3 is 0 Å². The van der Waals surface area contributed by atoms with Gasteiger partial charge in [-0.1, -0.05) is 115 Å². The second kappa shape index (κ2) is 10.8. The lowest BCUT2D eigenvalue weighted by atomic mass is 10.0. The van der Waals surface area contributed by atoms with E-state index in [0.29, 0.717) is 11.4 Å². The van der Waals surface area contributed by atoms with Crippen molar-refractivity contribution in [3.05, 3.63) is 170 Å². The maximum Gasteiger partial charge on any atom is 0.197 e. The molecule has 0 aliphatic carbocycles. The number of hydrogen-bond acceptors (Lipinski definition) is 3. The van der Waals surface area contributed by atoms with Crippen LogP contribution in [0.1, 0.15) is 0 Å². The lowest BCUT2D eigenvalue weighted by molar-refractivity contribution is 0.662. The van der Waals surface area contributed by atoms with E-state index in [0.717, 1.165) is 55.7 Å². The molecular formula is C46H28N4O. The molecule has 51 heavy (non-hydrogen) atoms. The van der Waals surface area contributed by atoms with Crippen LogP contribution in [0.2, 0.25) is 0 Å². The molecule has 7 aromatic carbocycles. The van der Waals surface area contributed by atoms with E-state index < -0.39 is 0 Å². The van der Waals surface area contributed by atoms with Gasteiger partial charge in [-0.05, 0) is 65.7 Å². The van der Waals surface area contributed by atoms with Gasteiger partial charge in [0.25, 0.3) is 0 Å². The van der Waals surface area contributed by atoms with Gasteiger partial charge in [-0.2, -0.15) is 0 Å². The molecule has 0 bridgehead atoms. The molecule has 0 spiro atoms. The van der Waals surface area contributed by atoms with Gasteiger partial charge in [0.15, 0.2) is 17.2 Å². The highest BCUT2D eigenvalue weighted by atomic mass is 16.3. The van der Waals surface area contributed by atoms with Crippen molar-refractivity contribution in [1.82, 2.24) is 19.1 Å². The lowest BCUT2D eigenvalue weighted by Crippen LogP contribution is -2.01. The van der Waals surface area contributed by atoms with E-state index >= 15 is 0 Å². The van der Waals surface area contributed by atoms with Crippen LogP contribution in [-0.2, 0) is 0 Å². The number of nitrogens with zero attached hydrogens (tertiary/aromatic N) is 4. The molecule has 0 fully saturated rings. The normalized spacial score (nSPS) is 11.9. The van der Waals surface area contributed by atoms with Gasteiger partial charge in [0.1, 0.15) is 11.1 Å². The Bertz CT molecular complexity index is 3080. The predicted molar refractivity (Wildman–Crippen MR) is 209 cm³/mol. The van der Waals surface area contributed by atoms with Crippen molar-refractivity contribution in [3.8, 4) is 34.0 Å². The third-order valence-corrected chi connectivity index (χ3v) is 10.1. The summed E-state index contributed by atoms with van der Waals surface area (Å²) >= 11 is 0. The first-order valence-corrected chi connectivity index (χ1v) is 17.2. The fourth-order valence-electron chi connectivity index (χ4n) is 7.84. The number of rotatable bonds is 4. The van der Waals surface area contributed by atoms with Crippen molar-refractivity contribution < 1.29 is 4.42 Å². The molecule has 0 aliphatic rings. The van der Waals surface area contributed by atoms with E-state index in [4.69, 9.17) is 14.4 Å². The van der Waals surface area contributed by atoms with E-state index in [1.54, 1.807) is 0 Å². The maximum atomic E-state index is 6.72. The summed E-state index contributed by atoms with van der Waals surface area (Å²) in [4.78, 5) is 10.4. The minimum Gasteiger partial charge on any atom is -0.450 e. The van der Waals surface area contributed by atoms with Crippen LogP contribution in [0, 0.1) is 0 Å². The summed E-state index contributed by atoms with van der Waals surface area (Å²) in [5.74, 6) is 1.38. The lowest BCUT2D eigenvalue weighted by Gasteiger charge is -2.10. The highest BCUT2D eigenvalue weighted by Gasteiger charge is 2.22. The molecule has 0 aliphatic heterocycles. The molecule has 238 valence electrons. The van der Waals surface area contributed by atoms with Crippen molar-refractivity contribution in [1.29, 1.82) is 0 Å². The van der Waals surface area contributed by atoms with Crippen LogP contribution in [0.5, 0.6) is 0 Å². The van der Waals surface area contributed by atoms with Gasteiger partial charge in [-0.3, -0.25) is 4.57 Å². The molecule has 4 heterocycles. The number of aromatic nitrogens is 4. The van der Waals surface area contributed by atoms with Crippen molar-refractivity contribution in [2.75, 3.05) is 0 Å². The van der Waals surface area contributed by atoms with E-state index in [2.05, 4.69) is 161 Å². The highest BCUT2D eigenvalue weighted by molar-refractivity contribution is 6.13. The molecule has 0 amide bonds. The Hall–Kier alpha value is -6.98. The Balaban J connectivity index is 1.16. The van der Waals surface area contributed by atoms with Gasteiger partial charge in [-0.15, -0.1) is 0 Å². The van der Waals surface area contributed by atoms with E-state index in [9.17, 15) is 0 Å². The maximum absolute atomic E-state index is 6.72. The molecule has 0 unspecified atom stereocenters. The van der Waals surface area contributed by atoms with Crippen LogP contribution in [0.15, 0.2) is 174 Å². The fourth-order valence-corrected chi connectivity index (χ4v) is 7.84. The molecular weight excluding hydrogens is 625 g/mol. The summed E-state index contributed by atoms with van der Waals surface area (Å²) in [5, 5.41) is 5.73.